The topological polar surface area (TPSA) is 56.9 Å². The molecule has 0 unspecified atom stereocenters. The summed E-state index contributed by atoms with van der Waals surface area (Å²) in [4.78, 5) is 24.6. The van der Waals surface area contributed by atoms with Crippen LogP contribution in [0.3, 0.4) is 0 Å². The molecule has 3 rings (SSSR count). The number of hydrogen-bond donors (Lipinski definition) is 0. The van der Waals surface area contributed by atoms with E-state index in [1.165, 1.54) is 17.6 Å². The van der Waals surface area contributed by atoms with Gasteiger partial charge in [0.1, 0.15) is 5.69 Å². The van der Waals surface area contributed by atoms with Crippen LogP contribution in [0.2, 0.25) is 0 Å². The minimum absolute atomic E-state index is 0.186. The normalized spacial score (nSPS) is 12.3. The number of aromatic nitrogens is 3. The Morgan fingerprint density at radius 1 is 1.27 bits per heavy atom. The van der Waals surface area contributed by atoms with Gasteiger partial charge in [0.05, 0.1) is 16.1 Å². The van der Waals surface area contributed by atoms with Crippen LogP contribution in [0.15, 0.2) is 39.9 Å². The third-order valence-corrected chi connectivity index (χ3v) is 4.93. The lowest BCUT2D eigenvalue weighted by molar-refractivity contribution is -0.144. The van der Waals surface area contributed by atoms with E-state index in [0.717, 1.165) is 11.7 Å². The van der Waals surface area contributed by atoms with E-state index >= 15 is 0 Å². The molecule has 0 atom stereocenters. The van der Waals surface area contributed by atoms with Crippen molar-refractivity contribution in [3.63, 3.8) is 0 Å². The summed E-state index contributed by atoms with van der Waals surface area (Å²) in [6.07, 6.45) is -1.17. The third-order valence-electron chi connectivity index (χ3n) is 3.72. The number of nitrogens with zero attached hydrogens (tertiary/aromatic N) is 3. The van der Waals surface area contributed by atoms with Gasteiger partial charge in [0.25, 0.3) is 5.56 Å². The zero-order valence-corrected chi connectivity index (χ0v) is 15.7. The van der Waals surface area contributed by atoms with Crippen molar-refractivity contribution in [2.45, 2.75) is 6.18 Å². The molecule has 0 fully saturated rings. The van der Waals surface area contributed by atoms with Crippen LogP contribution in [0.25, 0.3) is 21.8 Å². The summed E-state index contributed by atoms with van der Waals surface area (Å²) in [5.41, 5.74) is -2.55. The third kappa shape index (κ3) is 3.26. The zero-order valence-electron chi connectivity index (χ0n) is 13.2. The molecule has 3 aromatic rings. The van der Waals surface area contributed by atoms with Gasteiger partial charge < -0.3 is 0 Å². The fourth-order valence-electron chi connectivity index (χ4n) is 2.50. The fourth-order valence-corrected chi connectivity index (χ4v) is 3.43. The largest absolute Gasteiger partial charge is 0.431 e. The molecule has 0 aliphatic carbocycles. The van der Waals surface area contributed by atoms with Gasteiger partial charge in [-0.15, -0.1) is 0 Å². The zero-order chi connectivity index (χ0) is 19.1. The van der Waals surface area contributed by atoms with Crippen molar-refractivity contribution in [1.82, 2.24) is 13.5 Å². The van der Waals surface area contributed by atoms with E-state index in [4.69, 9.17) is 0 Å². The maximum absolute atomic E-state index is 13.0. The average Bonchev–Trinajstić information content (AvgIpc) is 2.98. The molecule has 0 amide bonds. The first-order valence-electron chi connectivity index (χ1n) is 7.26. The van der Waals surface area contributed by atoms with Gasteiger partial charge in [0, 0.05) is 23.8 Å². The number of alkyl halides is 4. The maximum atomic E-state index is 13.0. The summed E-state index contributed by atoms with van der Waals surface area (Å²) in [5, 5.41) is 1.34. The predicted molar refractivity (Wildman–Crippen MR) is 98.3 cm³/mol. The minimum Gasteiger partial charge on any atom is -0.292 e. The molecule has 26 heavy (non-hydrogen) atoms. The quantitative estimate of drug-likeness (QED) is 0.579. The highest BCUT2D eigenvalue weighted by Crippen LogP contribution is 2.28. The Labute approximate surface area is 157 Å². The van der Waals surface area contributed by atoms with Gasteiger partial charge in [-0.3, -0.25) is 9.36 Å². The maximum Gasteiger partial charge on any atom is 0.431 e. The van der Waals surface area contributed by atoms with Crippen LogP contribution in [-0.2, 0) is 13.2 Å². The molecule has 0 radical (unpaired) electrons. The summed E-state index contributed by atoms with van der Waals surface area (Å²) in [6.45, 7) is 0. The molecular formula is C16H11BrF3N3O2S. The second-order valence-corrected chi connectivity index (χ2v) is 6.80. The Bertz CT molecular complexity index is 1130. The van der Waals surface area contributed by atoms with Crippen molar-refractivity contribution in [2.75, 3.05) is 5.33 Å². The van der Waals surface area contributed by atoms with Crippen LogP contribution in [0.5, 0.6) is 0 Å². The second-order valence-electron chi connectivity index (χ2n) is 5.35. The van der Waals surface area contributed by atoms with E-state index in [0.29, 0.717) is 31.6 Å². The summed E-state index contributed by atoms with van der Waals surface area (Å²) in [7, 11) is 0.982. The number of hydrogen-bond acceptors (Lipinski definition) is 4. The summed E-state index contributed by atoms with van der Waals surface area (Å²) in [6, 6.07) is 5.18. The first-order valence-corrected chi connectivity index (χ1v) is 9.16. The van der Waals surface area contributed by atoms with E-state index in [9.17, 15) is 22.8 Å². The highest BCUT2D eigenvalue weighted by Gasteiger charge is 2.35. The van der Waals surface area contributed by atoms with E-state index in [1.54, 1.807) is 18.2 Å². The van der Waals surface area contributed by atoms with Crippen molar-refractivity contribution >= 4 is 43.6 Å². The lowest BCUT2D eigenvalue weighted by atomic mass is 10.2. The first kappa shape index (κ1) is 18.6. The van der Waals surface area contributed by atoms with Gasteiger partial charge in [-0.05, 0) is 35.8 Å². The lowest BCUT2D eigenvalue weighted by Crippen LogP contribution is -2.40. The number of allylic oxidation sites excluding steroid dienone is 1. The van der Waals surface area contributed by atoms with E-state index in [1.807, 2.05) is 6.08 Å². The number of fused-ring (bicyclic) bond motifs is 1. The van der Waals surface area contributed by atoms with Crippen molar-refractivity contribution in [2.24, 2.45) is 7.05 Å². The van der Waals surface area contributed by atoms with Gasteiger partial charge in [0.15, 0.2) is 0 Å². The Kier molecular flexibility index (Phi) is 4.89. The summed E-state index contributed by atoms with van der Waals surface area (Å²) >= 11 is 4.52. The van der Waals surface area contributed by atoms with Crippen LogP contribution >= 0.6 is 27.5 Å². The van der Waals surface area contributed by atoms with Crippen LogP contribution in [0, 0.1) is 0 Å². The Morgan fingerprint density at radius 3 is 2.65 bits per heavy atom. The van der Waals surface area contributed by atoms with E-state index in [2.05, 4.69) is 20.3 Å². The van der Waals surface area contributed by atoms with Crippen LogP contribution in [-0.4, -0.2) is 18.8 Å². The van der Waals surface area contributed by atoms with Crippen LogP contribution < -0.4 is 11.2 Å². The Hall–Kier alpha value is -2.20. The molecule has 0 aliphatic rings. The molecule has 0 spiro atoms. The molecule has 2 aromatic heterocycles. The Morgan fingerprint density at radius 2 is 2.00 bits per heavy atom. The van der Waals surface area contributed by atoms with Gasteiger partial charge in [-0.2, -0.15) is 17.5 Å². The molecule has 136 valence electrons. The smallest absolute Gasteiger partial charge is 0.292 e. The molecule has 10 heteroatoms. The molecule has 1 aromatic carbocycles. The highest BCUT2D eigenvalue weighted by molar-refractivity contribution is 9.09. The summed E-state index contributed by atoms with van der Waals surface area (Å²) < 4.78 is 45.1. The molecule has 5 nitrogen and oxygen atoms in total. The monoisotopic (exact) mass is 445 g/mol. The number of benzene rings is 1. The molecule has 0 saturated heterocycles. The van der Waals surface area contributed by atoms with Crippen molar-refractivity contribution in [3.8, 4) is 5.69 Å². The predicted octanol–water partition coefficient (Wildman–Crippen LogP) is 3.57. The van der Waals surface area contributed by atoms with E-state index < -0.39 is 23.1 Å². The number of rotatable bonds is 3. The average molecular weight is 446 g/mol. The van der Waals surface area contributed by atoms with E-state index in [-0.39, 0.29) is 5.69 Å². The SMILES string of the molecule is Cn1c(C(F)(F)F)cc(=O)n(-c2ccc3snc(C=CCBr)c3c2)c1=O. The second kappa shape index (κ2) is 6.84. The van der Waals surface area contributed by atoms with Crippen LogP contribution in [0.1, 0.15) is 11.4 Å². The molecular weight excluding hydrogens is 435 g/mol. The fraction of sp³-hybridized carbons (Fsp3) is 0.188. The molecule has 0 saturated carbocycles. The van der Waals surface area contributed by atoms with Gasteiger partial charge >= 0.3 is 11.9 Å². The first-order chi connectivity index (χ1) is 12.2. The summed E-state index contributed by atoms with van der Waals surface area (Å²) in [5.74, 6) is 0. The molecule has 0 bridgehead atoms. The van der Waals surface area contributed by atoms with Gasteiger partial charge in [0.2, 0.25) is 0 Å². The Balaban J connectivity index is 2.24. The van der Waals surface area contributed by atoms with Crippen molar-refractivity contribution < 1.29 is 13.2 Å². The van der Waals surface area contributed by atoms with Gasteiger partial charge in [-0.1, -0.05) is 22.0 Å². The van der Waals surface area contributed by atoms with Crippen LogP contribution in [0.4, 0.5) is 13.2 Å². The molecule has 0 N–H and O–H groups in total. The van der Waals surface area contributed by atoms with Gasteiger partial charge in [-0.25, -0.2) is 9.36 Å². The molecule has 2 heterocycles. The van der Waals surface area contributed by atoms with Crippen molar-refractivity contribution in [1.29, 1.82) is 0 Å². The lowest BCUT2D eigenvalue weighted by Gasteiger charge is -2.13. The highest BCUT2D eigenvalue weighted by atomic mass is 79.9. The minimum atomic E-state index is -4.79. The van der Waals surface area contributed by atoms with Crippen molar-refractivity contribution in [3.05, 3.63) is 62.6 Å². The number of halogens is 4. The molecule has 0 aliphatic heterocycles. The standard InChI is InChI=1S/C16H11BrF3N3O2S/c1-22-13(16(18,19)20)8-14(24)23(15(22)25)9-4-5-12-10(7-9)11(21-26-12)3-2-6-17/h2-5,7-8H,6H2,1H3.